The second-order valence-electron chi connectivity index (χ2n) is 4.34. The minimum Gasteiger partial charge on any atom is -0.394 e. The van der Waals surface area contributed by atoms with Gasteiger partial charge in [0, 0.05) is 5.02 Å². The van der Waals surface area contributed by atoms with Gasteiger partial charge in [-0.1, -0.05) is 11.6 Å². The van der Waals surface area contributed by atoms with E-state index in [0.29, 0.717) is 10.6 Å². The summed E-state index contributed by atoms with van der Waals surface area (Å²) >= 11 is 5.77. The molecule has 0 bridgehead atoms. The van der Waals surface area contributed by atoms with Crippen molar-refractivity contribution in [3.05, 3.63) is 52.6 Å². The number of sulfonamides is 1. The third-order valence-electron chi connectivity index (χ3n) is 2.81. The molecule has 0 fully saturated rings. The summed E-state index contributed by atoms with van der Waals surface area (Å²) in [5.41, 5.74) is 5.12. The summed E-state index contributed by atoms with van der Waals surface area (Å²) in [7, 11) is -4.23. The van der Waals surface area contributed by atoms with Crippen molar-refractivity contribution in [3.63, 3.8) is 0 Å². The highest BCUT2D eigenvalue weighted by Gasteiger charge is 2.23. The summed E-state index contributed by atoms with van der Waals surface area (Å²) in [5, 5.41) is 0.438. The zero-order valence-corrected chi connectivity index (χ0v) is 12.4. The molecule has 0 atom stereocenters. The first-order valence-electron chi connectivity index (χ1n) is 5.75. The Morgan fingerprint density at radius 1 is 1.19 bits per heavy atom. The zero-order chi connectivity index (χ0) is 15.8. The number of nitrogen functional groups attached to an aromatic ring is 1. The Hall–Kier alpha value is -1.86. The van der Waals surface area contributed by atoms with Crippen LogP contribution < -0.4 is 10.5 Å². The largest absolute Gasteiger partial charge is 0.394 e. The third kappa shape index (κ3) is 3.08. The molecule has 2 rings (SSSR count). The number of halogens is 3. The van der Waals surface area contributed by atoms with Crippen LogP contribution in [0, 0.1) is 18.6 Å². The summed E-state index contributed by atoms with van der Waals surface area (Å²) in [6.45, 7) is 1.64. The van der Waals surface area contributed by atoms with E-state index in [-0.39, 0.29) is 5.69 Å². The standard InChI is InChI=1S/C13H11ClF2N2O2S/c1-7-6-8(14)2-4-10(7)18-21(19,20)11-5-3-9(15)13(17)12(11)16/h2-6,18H,17H2,1H3. The van der Waals surface area contributed by atoms with E-state index in [1.54, 1.807) is 13.0 Å². The van der Waals surface area contributed by atoms with E-state index in [0.717, 1.165) is 12.1 Å². The Balaban J connectivity index is 2.46. The van der Waals surface area contributed by atoms with Gasteiger partial charge >= 0.3 is 0 Å². The van der Waals surface area contributed by atoms with Gasteiger partial charge in [-0.25, -0.2) is 17.2 Å². The molecule has 0 amide bonds. The quantitative estimate of drug-likeness (QED) is 0.847. The topological polar surface area (TPSA) is 72.2 Å². The molecule has 0 aromatic heterocycles. The second-order valence-corrected chi connectivity index (χ2v) is 6.43. The van der Waals surface area contributed by atoms with Crippen LogP contribution in [0.15, 0.2) is 35.2 Å². The monoisotopic (exact) mass is 332 g/mol. The molecule has 2 aromatic carbocycles. The predicted octanol–water partition coefficient (Wildman–Crippen LogP) is 3.31. The van der Waals surface area contributed by atoms with Gasteiger partial charge in [0.1, 0.15) is 16.4 Å². The summed E-state index contributed by atoms with van der Waals surface area (Å²) < 4.78 is 53.4. The minimum atomic E-state index is -4.23. The molecule has 3 N–H and O–H groups in total. The van der Waals surface area contributed by atoms with Gasteiger partial charge in [0.15, 0.2) is 5.82 Å². The Bertz CT molecular complexity index is 810. The maximum atomic E-state index is 13.8. The molecule has 0 unspecified atom stereocenters. The van der Waals surface area contributed by atoms with Gasteiger partial charge in [0.25, 0.3) is 10.0 Å². The van der Waals surface area contributed by atoms with Crippen LogP contribution in [-0.2, 0) is 10.0 Å². The van der Waals surface area contributed by atoms with E-state index >= 15 is 0 Å². The number of nitrogens with two attached hydrogens (primary N) is 1. The van der Waals surface area contributed by atoms with E-state index in [1.165, 1.54) is 12.1 Å². The molecule has 0 saturated heterocycles. The molecule has 0 saturated carbocycles. The number of benzene rings is 2. The van der Waals surface area contributed by atoms with Crippen molar-refractivity contribution in [2.75, 3.05) is 10.5 Å². The highest BCUT2D eigenvalue weighted by Crippen LogP contribution is 2.26. The van der Waals surface area contributed by atoms with Crippen molar-refractivity contribution < 1.29 is 17.2 Å². The molecule has 8 heteroatoms. The van der Waals surface area contributed by atoms with Gasteiger partial charge in [-0.15, -0.1) is 0 Å². The summed E-state index contributed by atoms with van der Waals surface area (Å²) in [4.78, 5) is -0.726. The van der Waals surface area contributed by atoms with Crippen LogP contribution in [-0.4, -0.2) is 8.42 Å². The molecule has 4 nitrogen and oxygen atoms in total. The van der Waals surface area contributed by atoms with E-state index in [2.05, 4.69) is 4.72 Å². The van der Waals surface area contributed by atoms with Crippen molar-refractivity contribution in [1.82, 2.24) is 0 Å². The first kappa shape index (κ1) is 15.5. The molecule has 0 aliphatic rings. The minimum absolute atomic E-state index is 0.238. The van der Waals surface area contributed by atoms with E-state index in [1.807, 2.05) is 0 Å². The van der Waals surface area contributed by atoms with Crippen LogP contribution in [0.25, 0.3) is 0 Å². The molecule has 0 spiro atoms. The first-order valence-corrected chi connectivity index (χ1v) is 7.61. The highest BCUT2D eigenvalue weighted by molar-refractivity contribution is 7.92. The number of aryl methyl sites for hydroxylation is 1. The van der Waals surface area contributed by atoms with Crippen molar-refractivity contribution in [1.29, 1.82) is 0 Å². The lowest BCUT2D eigenvalue weighted by Crippen LogP contribution is -2.16. The van der Waals surface area contributed by atoms with E-state index in [9.17, 15) is 17.2 Å². The lowest BCUT2D eigenvalue weighted by Gasteiger charge is -2.12. The SMILES string of the molecule is Cc1cc(Cl)ccc1NS(=O)(=O)c1ccc(F)c(N)c1F. The molecule has 0 aliphatic carbocycles. The molecular formula is C13H11ClF2N2O2S. The van der Waals surface area contributed by atoms with Crippen LogP contribution in [0.1, 0.15) is 5.56 Å². The Morgan fingerprint density at radius 3 is 2.48 bits per heavy atom. The lowest BCUT2D eigenvalue weighted by molar-refractivity contribution is 0.557. The fourth-order valence-electron chi connectivity index (χ4n) is 1.70. The van der Waals surface area contributed by atoms with Crippen molar-refractivity contribution in [3.8, 4) is 0 Å². The molecule has 0 aliphatic heterocycles. The van der Waals surface area contributed by atoms with Crippen molar-refractivity contribution >= 4 is 33.0 Å². The van der Waals surface area contributed by atoms with Gasteiger partial charge in [0.2, 0.25) is 0 Å². The maximum absolute atomic E-state index is 13.8. The molecule has 21 heavy (non-hydrogen) atoms. The highest BCUT2D eigenvalue weighted by atomic mass is 35.5. The van der Waals surface area contributed by atoms with Crippen LogP contribution in [0.2, 0.25) is 5.02 Å². The average Bonchev–Trinajstić information content (AvgIpc) is 2.39. The molecule has 2 aromatic rings. The smallest absolute Gasteiger partial charge is 0.264 e. The predicted molar refractivity (Wildman–Crippen MR) is 77.8 cm³/mol. The number of rotatable bonds is 3. The Morgan fingerprint density at radius 2 is 1.86 bits per heavy atom. The number of hydrogen-bond acceptors (Lipinski definition) is 3. The number of anilines is 2. The van der Waals surface area contributed by atoms with Gasteiger partial charge in [-0.2, -0.15) is 0 Å². The van der Waals surface area contributed by atoms with Gasteiger partial charge in [0.05, 0.1) is 5.69 Å². The normalized spacial score (nSPS) is 11.4. The Labute approximate surface area is 125 Å². The summed E-state index contributed by atoms with van der Waals surface area (Å²) in [5.74, 6) is -2.34. The average molecular weight is 333 g/mol. The number of hydrogen-bond donors (Lipinski definition) is 2. The molecule has 0 radical (unpaired) electrons. The second kappa shape index (κ2) is 5.50. The van der Waals surface area contributed by atoms with E-state index < -0.39 is 32.2 Å². The lowest BCUT2D eigenvalue weighted by atomic mass is 10.2. The molecule has 0 heterocycles. The summed E-state index contributed by atoms with van der Waals surface area (Å²) in [6.07, 6.45) is 0. The van der Waals surface area contributed by atoms with E-state index in [4.69, 9.17) is 17.3 Å². The van der Waals surface area contributed by atoms with Crippen LogP contribution >= 0.6 is 11.6 Å². The zero-order valence-electron chi connectivity index (χ0n) is 10.8. The first-order chi connectivity index (χ1) is 9.72. The molecule has 112 valence electrons. The third-order valence-corrected chi connectivity index (χ3v) is 4.43. The van der Waals surface area contributed by atoms with Gasteiger partial charge in [-0.3, -0.25) is 4.72 Å². The van der Waals surface area contributed by atoms with Gasteiger partial charge < -0.3 is 5.73 Å². The van der Waals surface area contributed by atoms with Crippen LogP contribution in [0.3, 0.4) is 0 Å². The summed E-state index contributed by atoms with van der Waals surface area (Å²) in [6, 6.07) is 6.09. The fraction of sp³-hybridized carbons (Fsp3) is 0.0769. The fourth-order valence-corrected chi connectivity index (χ4v) is 3.15. The van der Waals surface area contributed by atoms with Crippen LogP contribution in [0.5, 0.6) is 0 Å². The molecular weight excluding hydrogens is 322 g/mol. The number of nitrogens with one attached hydrogen (secondary N) is 1. The van der Waals surface area contributed by atoms with Gasteiger partial charge in [-0.05, 0) is 42.8 Å². The Kier molecular flexibility index (Phi) is 4.06. The van der Waals surface area contributed by atoms with Crippen LogP contribution in [0.4, 0.5) is 20.2 Å². The maximum Gasteiger partial charge on any atom is 0.264 e. The van der Waals surface area contributed by atoms with Crippen molar-refractivity contribution in [2.24, 2.45) is 0 Å². The van der Waals surface area contributed by atoms with Crippen molar-refractivity contribution in [2.45, 2.75) is 11.8 Å².